The standard InChI is InChI=1S/C22H18Cl2N4O2S/c1-13-18(20(26-30-13)19-14(23)5-4-6-15(19)24)21(29)27-9-11-28(12-10-27)22-25-16-7-2-3-8-17(16)31-22/h2-8H,9-12H2,1H3. The Bertz CT molecular complexity index is 1220. The minimum absolute atomic E-state index is 0.131. The van der Waals surface area contributed by atoms with Crippen LogP contribution in [-0.4, -0.2) is 47.1 Å². The minimum Gasteiger partial charge on any atom is -0.360 e. The van der Waals surface area contributed by atoms with Crippen molar-refractivity contribution in [2.45, 2.75) is 6.92 Å². The lowest BCUT2D eigenvalue weighted by Crippen LogP contribution is -2.49. The normalized spacial score (nSPS) is 14.4. The number of aryl methyl sites for hydroxylation is 1. The van der Waals surface area contributed by atoms with E-state index in [-0.39, 0.29) is 5.91 Å². The van der Waals surface area contributed by atoms with E-state index in [1.165, 1.54) is 0 Å². The van der Waals surface area contributed by atoms with Crippen molar-refractivity contribution in [3.8, 4) is 11.3 Å². The number of carbonyl (C=O) groups excluding carboxylic acids is 1. The molecule has 0 spiro atoms. The zero-order chi connectivity index (χ0) is 21.5. The summed E-state index contributed by atoms with van der Waals surface area (Å²) in [6.07, 6.45) is 0. The zero-order valence-electron chi connectivity index (χ0n) is 16.6. The van der Waals surface area contributed by atoms with Crippen molar-refractivity contribution in [1.29, 1.82) is 0 Å². The van der Waals surface area contributed by atoms with Gasteiger partial charge in [-0.1, -0.05) is 57.9 Å². The molecule has 1 fully saturated rings. The van der Waals surface area contributed by atoms with Gasteiger partial charge in [0, 0.05) is 31.7 Å². The molecule has 0 unspecified atom stereocenters. The van der Waals surface area contributed by atoms with Gasteiger partial charge in [0.2, 0.25) is 0 Å². The van der Waals surface area contributed by atoms with Crippen LogP contribution < -0.4 is 4.90 Å². The average Bonchev–Trinajstić information content (AvgIpc) is 3.37. The summed E-state index contributed by atoms with van der Waals surface area (Å²) in [5.41, 5.74) is 2.30. The molecule has 4 aromatic rings. The third kappa shape index (κ3) is 3.67. The van der Waals surface area contributed by atoms with E-state index >= 15 is 0 Å². The van der Waals surface area contributed by atoms with Gasteiger partial charge < -0.3 is 14.3 Å². The first kappa shape index (κ1) is 20.3. The smallest absolute Gasteiger partial charge is 0.259 e. The number of rotatable bonds is 3. The van der Waals surface area contributed by atoms with Gasteiger partial charge in [-0.2, -0.15) is 0 Å². The van der Waals surface area contributed by atoms with E-state index in [0.29, 0.717) is 58.8 Å². The van der Waals surface area contributed by atoms with Crippen molar-refractivity contribution in [3.05, 3.63) is 63.8 Å². The molecule has 5 rings (SSSR count). The largest absolute Gasteiger partial charge is 0.360 e. The number of anilines is 1. The SMILES string of the molecule is Cc1onc(-c2c(Cl)cccc2Cl)c1C(=O)N1CCN(c2nc3ccccc3s2)CC1. The Morgan fingerprint density at radius 3 is 2.45 bits per heavy atom. The van der Waals surface area contributed by atoms with Crippen LogP contribution in [0.3, 0.4) is 0 Å². The molecular weight excluding hydrogens is 455 g/mol. The molecule has 1 amide bonds. The first-order valence-corrected chi connectivity index (χ1v) is 11.4. The van der Waals surface area contributed by atoms with Gasteiger partial charge in [-0.25, -0.2) is 4.98 Å². The first-order valence-electron chi connectivity index (χ1n) is 9.83. The molecule has 2 aromatic heterocycles. The third-order valence-electron chi connectivity index (χ3n) is 5.40. The quantitative estimate of drug-likeness (QED) is 0.392. The van der Waals surface area contributed by atoms with Crippen molar-refractivity contribution >= 4 is 55.8 Å². The van der Waals surface area contributed by atoms with Crippen molar-refractivity contribution in [2.24, 2.45) is 0 Å². The molecule has 3 heterocycles. The number of fused-ring (bicyclic) bond motifs is 1. The van der Waals surface area contributed by atoms with E-state index in [9.17, 15) is 4.79 Å². The van der Waals surface area contributed by atoms with Crippen LogP contribution in [0.5, 0.6) is 0 Å². The van der Waals surface area contributed by atoms with E-state index in [4.69, 9.17) is 32.7 Å². The maximum atomic E-state index is 13.4. The Morgan fingerprint density at radius 1 is 1.03 bits per heavy atom. The number of benzene rings is 2. The molecule has 0 saturated carbocycles. The van der Waals surface area contributed by atoms with E-state index < -0.39 is 0 Å². The molecule has 31 heavy (non-hydrogen) atoms. The fourth-order valence-corrected chi connectivity index (χ4v) is 5.37. The van der Waals surface area contributed by atoms with Gasteiger partial charge >= 0.3 is 0 Å². The summed E-state index contributed by atoms with van der Waals surface area (Å²) in [7, 11) is 0. The number of aromatic nitrogens is 2. The van der Waals surface area contributed by atoms with Gasteiger partial charge in [0.05, 0.1) is 20.3 Å². The summed E-state index contributed by atoms with van der Waals surface area (Å²) in [4.78, 5) is 22.2. The number of amides is 1. The van der Waals surface area contributed by atoms with Gasteiger partial charge in [0.25, 0.3) is 5.91 Å². The summed E-state index contributed by atoms with van der Waals surface area (Å²) in [5.74, 6) is 0.318. The number of nitrogens with zero attached hydrogens (tertiary/aromatic N) is 4. The number of halogens is 2. The Labute approximate surface area is 193 Å². The zero-order valence-corrected chi connectivity index (χ0v) is 19.0. The van der Waals surface area contributed by atoms with E-state index in [1.54, 1.807) is 36.5 Å². The second kappa shape index (κ2) is 8.15. The molecule has 0 atom stereocenters. The Morgan fingerprint density at radius 2 is 1.74 bits per heavy atom. The van der Waals surface area contributed by atoms with E-state index in [2.05, 4.69) is 16.1 Å². The molecule has 1 saturated heterocycles. The molecule has 1 aliphatic heterocycles. The highest BCUT2D eigenvalue weighted by Gasteiger charge is 2.30. The van der Waals surface area contributed by atoms with Gasteiger partial charge in [-0.15, -0.1) is 0 Å². The van der Waals surface area contributed by atoms with Crippen LogP contribution in [0, 0.1) is 6.92 Å². The summed E-state index contributed by atoms with van der Waals surface area (Å²) in [6, 6.07) is 13.3. The number of piperazine rings is 1. The maximum Gasteiger partial charge on any atom is 0.259 e. The van der Waals surface area contributed by atoms with Crippen molar-refractivity contribution < 1.29 is 9.32 Å². The van der Waals surface area contributed by atoms with Crippen LogP contribution in [0.1, 0.15) is 16.1 Å². The molecular formula is C22H18Cl2N4O2S. The Hall–Kier alpha value is -2.61. The van der Waals surface area contributed by atoms with Gasteiger partial charge in [-0.05, 0) is 31.2 Å². The Kier molecular flexibility index (Phi) is 5.33. The lowest BCUT2D eigenvalue weighted by Gasteiger charge is -2.34. The molecule has 0 aliphatic carbocycles. The van der Waals surface area contributed by atoms with E-state index in [1.807, 2.05) is 23.1 Å². The highest BCUT2D eigenvalue weighted by Crippen LogP contribution is 2.37. The van der Waals surface area contributed by atoms with Gasteiger partial charge in [-0.3, -0.25) is 4.79 Å². The first-order chi connectivity index (χ1) is 15.0. The number of hydrogen-bond acceptors (Lipinski definition) is 6. The fraction of sp³-hybridized carbons (Fsp3) is 0.227. The number of carbonyl (C=O) groups is 1. The summed E-state index contributed by atoms with van der Waals surface area (Å²) >= 11 is 14.4. The second-order valence-electron chi connectivity index (χ2n) is 7.30. The molecule has 9 heteroatoms. The highest BCUT2D eigenvalue weighted by molar-refractivity contribution is 7.22. The molecule has 1 aliphatic rings. The molecule has 6 nitrogen and oxygen atoms in total. The predicted octanol–water partition coefficient (Wildman–Crippen LogP) is 5.53. The van der Waals surface area contributed by atoms with Crippen LogP contribution in [0.15, 0.2) is 47.0 Å². The molecule has 0 bridgehead atoms. The molecule has 2 aromatic carbocycles. The second-order valence-corrected chi connectivity index (χ2v) is 9.13. The maximum absolute atomic E-state index is 13.4. The monoisotopic (exact) mass is 472 g/mol. The minimum atomic E-state index is -0.131. The van der Waals surface area contributed by atoms with Crippen LogP contribution in [0.2, 0.25) is 10.0 Å². The predicted molar refractivity (Wildman–Crippen MR) is 124 cm³/mol. The van der Waals surface area contributed by atoms with Crippen molar-refractivity contribution in [1.82, 2.24) is 15.0 Å². The van der Waals surface area contributed by atoms with Crippen molar-refractivity contribution in [2.75, 3.05) is 31.1 Å². The topological polar surface area (TPSA) is 62.5 Å². The lowest BCUT2D eigenvalue weighted by molar-refractivity contribution is 0.0745. The number of para-hydroxylation sites is 1. The van der Waals surface area contributed by atoms with Crippen LogP contribution in [0.4, 0.5) is 5.13 Å². The van der Waals surface area contributed by atoms with E-state index in [0.717, 1.165) is 15.3 Å². The van der Waals surface area contributed by atoms with Crippen molar-refractivity contribution in [3.63, 3.8) is 0 Å². The fourth-order valence-electron chi connectivity index (χ4n) is 3.77. The van der Waals surface area contributed by atoms with Crippen LogP contribution >= 0.6 is 34.5 Å². The molecule has 158 valence electrons. The lowest BCUT2D eigenvalue weighted by atomic mass is 10.0. The Balaban J connectivity index is 1.37. The number of thiazole rings is 1. The third-order valence-corrected chi connectivity index (χ3v) is 7.12. The van der Waals surface area contributed by atoms with Gasteiger partial charge in [0.15, 0.2) is 5.13 Å². The summed E-state index contributed by atoms with van der Waals surface area (Å²) < 4.78 is 6.53. The van der Waals surface area contributed by atoms with Crippen LogP contribution in [-0.2, 0) is 0 Å². The number of hydrogen-bond donors (Lipinski definition) is 0. The summed E-state index contributed by atoms with van der Waals surface area (Å²) in [6.45, 7) is 4.30. The summed E-state index contributed by atoms with van der Waals surface area (Å²) in [5, 5.41) is 5.94. The van der Waals surface area contributed by atoms with Gasteiger partial charge in [0.1, 0.15) is 17.0 Å². The molecule has 0 N–H and O–H groups in total. The van der Waals surface area contributed by atoms with Crippen LogP contribution in [0.25, 0.3) is 21.5 Å². The average molecular weight is 473 g/mol. The highest BCUT2D eigenvalue weighted by atomic mass is 35.5. The molecule has 0 radical (unpaired) electrons.